The summed E-state index contributed by atoms with van der Waals surface area (Å²) in [5.74, 6) is -0.0873. The van der Waals surface area contributed by atoms with Crippen LogP contribution >= 0.6 is 11.3 Å². The lowest BCUT2D eigenvalue weighted by molar-refractivity contribution is 0.0529. The highest BCUT2D eigenvalue weighted by molar-refractivity contribution is 7.89. The molecule has 2 heterocycles. The van der Waals surface area contributed by atoms with Gasteiger partial charge in [-0.05, 0) is 43.3 Å². The Morgan fingerprint density at radius 2 is 1.88 bits per heavy atom. The van der Waals surface area contributed by atoms with E-state index in [0.29, 0.717) is 25.3 Å². The molecule has 1 fully saturated rings. The highest BCUT2D eigenvalue weighted by atomic mass is 32.2. The van der Waals surface area contributed by atoms with Gasteiger partial charge in [0.1, 0.15) is 0 Å². The molecule has 3 rings (SSSR count). The summed E-state index contributed by atoms with van der Waals surface area (Å²) in [6.45, 7) is 3.06. The summed E-state index contributed by atoms with van der Waals surface area (Å²) in [4.78, 5) is 12.7. The number of ether oxygens (including phenoxy) is 1. The van der Waals surface area contributed by atoms with Crippen molar-refractivity contribution >= 4 is 27.1 Å². The van der Waals surface area contributed by atoms with Crippen LogP contribution in [0.3, 0.4) is 0 Å². The maximum Gasteiger partial charge on any atom is 0.240 e. The number of carbonyl (C=O) groups excluding carboxylic acids is 1. The Balaban J connectivity index is 1.79. The van der Waals surface area contributed by atoms with Gasteiger partial charge in [0.2, 0.25) is 10.0 Å². The minimum absolute atomic E-state index is 0.0873. The third kappa shape index (κ3) is 4.00. The number of carbonyl (C=O) groups is 1. The van der Waals surface area contributed by atoms with Crippen LogP contribution in [0.2, 0.25) is 0 Å². The van der Waals surface area contributed by atoms with E-state index in [1.165, 1.54) is 23.9 Å². The van der Waals surface area contributed by atoms with Gasteiger partial charge in [0, 0.05) is 35.6 Å². The average molecular weight is 380 g/mol. The van der Waals surface area contributed by atoms with Gasteiger partial charge >= 0.3 is 0 Å². The van der Waals surface area contributed by atoms with Crippen molar-refractivity contribution in [3.05, 3.63) is 52.2 Å². The van der Waals surface area contributed by atoms with Crippen LogP contribution in [0.1, 0.15) is 35.0 Å². The second-order valence-electron chi connectivity index (χ2n) is 6.28. The molecule has 134 valence electrons. The van der Waals surface area contributed by atoms with Gasteiger partial charge < -0.3 is 4.74 Å². The molecule has 0 amide bonds. The van der Waals surface area contributed by atoms with Crippen LogP contribution in [0.15, 0.2) is 46.7 Å². The minimum Gasteiger partial charge on any atom is -0.381 e. The summed E-state index contributed by atoms with van der Waals surface area (Å²) in [5, 5.41) is 2.02. The molecule has 0 unspecified atom stereocenters. The molecular weight excluding hydrogens is 358 g/mol. The molecule has 0 radical (unpaired) electrons. The van der Waals surface area contributed by atoms with Crippen molar-refractivity contribution in [1.82, 2.24) is 4.72 Å². The third-order valence-electron chi connectivity index (χ3n) is 4.67. The number of sulfonamides is 1. The minimum atomic E-state index is -3.63. The number of thiophene rings is 1. The summed E-state index contributed by atoms with van der Waals surface area (Å²) in [6, 6.07) is 10.1. The van der Waals surface area contributed by atoms with Gasteiger partial charge in [-0.15, -0.1) is 11.3 Å². The highest BCUT2D eigenvalue weighted by Gasteiger charge is 2.36. The fourth-order valence-electron chi connectivity index (χ4n) is 3.04. The van der Waals surface area contributed by atoms with E-state index >= 15 is 0 Å². The predicted molar refractivity (Wildman–Crippen MR) is 97.7 cm³/mol. The fraction of sp³-hybridized carbons (Fsp3) is 0.389. The van der Waals surface area contributed by atoms with E-state index < -0.39 is 10.0 Å². The van der Waals surface area contributed by atoms with E-state index in [1.807, 2.05) is 11.4 Å². The number of rotatable bonds is 6. The molecule has 0 bridgehead atoms. The second kappa shape index (κ2) is 7.37. The third-order valence-corrected chi connectivity index (χ3v) is 7.20. The van der Waals surface area contributed by atoms with Crippen molar-refractivity contribution in [2.24, 2.45) is 0 Å². The van der Waals surface area contributed by atoms with Crippen LogP contribution in [-0.4, -0.2) is 34.0 Å². The molecule has 5 nitrogen and oxygen atoms in total. The molecular formula is C18H21NO4S2. The second-order valence-corrected chi connectivity index (χ2v) is 8.99. The zero-order chi connectivity index (χ0) is 17.9. The molecule has 2 aromatic rings. The molecule has 1 aromatic carbocycles. The number of Topliss-reactive ketones (excluding diaryl/α,β-unsaturated/α-hetero) is 1. The first kappa shape index (κ1) is 18.3. The Morgan fingerprint density at radius 3 is 2.44 bits per heavy atom. The highest BCUT2D eigenvalue weighted by Crippen LogP contribution is 2.37. The van der Waals surface area contributed by atoms with E-state index in [1.54, 1.807) is 23.5 Å². The van der Waals surface area contributed by atoms with Gasteiger partial charge in [0.15, 0.2) is 5.78 Å². The Hall–Kier alpha value is -1.54. The Bertz CT molecular complexity index is 820. The van der Waals surface area contributed by atoms with Gasteiger partial charge in [0.25, 0.3) is 0 Å². The maximum atomic E-state index is 12.6. The summed E-state index contributed by atoms with van der Waals surface area (Å²) < 4.78 is 33.5. The van der Waals surface area contributed by atoms with Crippen molar-refractivity contribution in [3.8, 4) is 0 Å². The van der Waals surface area contributed by atoms with Crippen molar-refractivity contribution in [3.63, 3.8) is 0 Å². The normalized spacial score (nSPS) is 17.3. The summed E-state index contributed by atoms with van der Waals surface area (Å²) in [7, 11) is -3.63. The lowest BCUT2D eigenvalue weighted by atomic mass is 9.79. The summed E-state index contributed by atoms with van der Waals surface area (Å²) in [6.07, 6.45) is 1.58. The summed E-state index contributed by atoms with van der Waals surface area (Å²) in [5.41, 5.74) is 0.275. The molecule has 7 heteroatoms. The van der Waals surface area contributed by atoms with Crippen LogP contribution < -0.4 is 4.72 Å². The van der Waals surface area contributed by atoms with Crippen molar-refractivity contribution in [2.45, 2.75) is 30.1 Å². The standard InChI is InChI=1S/C18H21NO4S2/c1-14(20)15-4-6-16(7-5-15)25(21,22)19-13-18(8-10-23-11-9-18)17-3-2-12-24-17/h2-7,12,19H,8-11,13H2,1H3. The van der Waals surface area contributed by atoms with Crippen molar-refractivity contribution < 1.29 is 17.9 Å². The molecule has 0 atom stereocenters. The van der Waals surface area contributed by atoms with Crippen LogP contribution in [0.4, 0.5) is 0 Å². The maximum absolute atomic E-state index is 12.6. The number of benzene rings is 1. The van der Waals surface area contributed by atoms with E-state index in [4.69, 9.17) is 4.74 Å². The van der Waals surface area contributed by atoms with Gasteiger partial charge in [-0.3, -0.25) is 4.79 Å². The van der Waals surface area contributed by atoms with Gasteiger partial charge in [0.05, 0.1) is 4.90 Å². The number of nitrogens with one attached hydrogen (secondary N) is 1. The molecule has 0 aliphatic carbocycles. The number of ketones is 1. The van der Waals surface area contributed by atoms with E-state index in [2.05, 4.69) is 10.8 Å². The van der Waals surface area contributed by atoms with Gasteiger partial charge in [-0.1, -0.05) is 18.2 Å². The lowest BCUT2D eigenvalue weighted by Gasteiger charge is -2.36. The molecule has 1 aliphatic heterocycles. The van der Waals surface area contributed by atoms with Crippen LogP contribution in [-0.2, 0) is 20.2 Å². The first-order valence-electron chi connectivity index (χ1n) is 8.15. The Labute approximate surface area is 152 Å². The largest absolute Gasteiger partial charge is 0.381 e. The summed E-state index contributed by atoms with van der Waals surface area (Å²) >= 11 is 1.65. The first-order valence-corrected chi connectivity index (χ1v) is 10.5. The Morgan fingerprint density at radius 1 is 1.20 bits per heavy atom. The Kier molecular flexibility index (Phi) is 5.38. The van der Waals surface area contributed by atoms with Crippen LogP contribution in [0, 0.1) is 0 Å². The van der Waals surface area contributed by atoms with Crippen LogP contribution in [0.25, 0.3) is 0 Å². The SMILES string of the molecule is CC(=O)c1ccc(S(=O)(=O)NCC2(c3cccs3)CCOCC2)cc1. The number of hydrogen-bond donors (Lipinski definition) is 1. The smallest absolute Gasteiger partial charge is 0.240 e. The average Bonchev–Trinajstić information content (AvgIpc) is 3.16. The zero-order valence-corrected chi connectivity index (χ0v) is 15.7. The van der Waals surface area contributed by atoms with E-state index in [-0.39, 0.29) is 16.1 Å². The number of hydrogen-bond acceptors (Lipinski definition) is 5. The predicted octanol–water partition coefficient (Wildman–Crippen LogP) is 2.98. The van der Waals surface area contributed by atoms with Gasteiger partial charge in [-0.25, -0.2) is 13.1 Å². The quantitative estimate of drug-likeness (QED) is 0.783. The molecule has 25 heavy (non-hydrogen) atoms. The monoisotopic (exact) mass is 379 g/mol. The van der Waals surface area contributed by atoms with E-state index in [9.17, 15) is 13.2 Å². The van der Waals surface area contributed by atoms with Crippen LogP contribution in [0.5, 0.6) is 0 Å². The lowest BCUT2D eigenvalue weighted by Crippen LogP contribution is -2.44. The zero-order valence-electron chi connectivity index (χ0n) is 14.0. The van der Waals surface area contributed by atoms with E-state index in [0.717, 1.165) is 12.8 Å². The molecule has 1 aliphatic rings. The van der Waals surface area contributed by atoms with Crippen molar-refractivity contribution in [2.75, 3.05) is 19.8 Å². The molecule has 1 saturated heterocycles. The molecule has 1 aromatic heterocycles. The van der Waals surface area contributed by atoms with Gasteiger partial charge in [-0.2, -0.15) is 0 Å². The molecule has 1 N–H and O–H groups in total. The fourth-order valence-corrected chi connectivity index (χ4v) is 5.15. The first-order chi connectivity index (χ1) is 11.9. The molecule has 0 saturated carbocycles. The van der Waals surface area contributed by atoms with Crippen molar-refractivity contribution in [1.29, 1.82) is 0 Å². The molecule has 0 spiro atoms. The topological polar surface area (TPSA) is 72.5 Å².